The molecule has 18 heavy (non-hydrogen) atoms. The van der Waals surface area contributed by atoms with Gasteiger partial charge in [-0.15, -0.1) is 0 Å². The molecule has 0 amide bonds. The molecule has 0 bridgehead atoms. The third-order valence-corrected chi connectivity index (χ3v) is 3.52. The number of aliphatic hydroxyl groups is 1. The number of carboxylic acid groups (broad SMARTS) is 1. The number of pyridine rings is 1. The van der Waals surface area contributed by atoms with E-state index in [1.165, 1.54) is 0 Å². The molecule has 1 saturated heterocycles. The van der Waals surface area contributed by atoms with Crippen molar-refractivity contribution >= 4 is 23.4 Å². The summed E-state index contributed by atoms with van der Waals surface area (Å²) in [6, 6.07) is 3.25. The van der Waals surface area contributed by atoms with Crippen LogP contribution >= 0.6 is 11.6 Å². The molecule has 6 heteroatoms. The quantitative estimate of drug-likeness (QED) is 0.855. The Morgan fingerprint density at radius 3 is 2.89 bits per heavy atom. The SMILES string of the molecule is CC1CN(c2ccc(Cl)c(C(=O)O)n2)CCC1O. The lowest BCUT2D eigenvalue weighted by Crippen LogP contribution is -2.42. The van der Waals surface area contributed by atoms with E-state index in [9.17, 15) is 9.90 Å². The molecule has 1 aromatic rings. The van der Waals surface area contributed by atoms with Gasteiger partial charge in [0.2, 0.25) is 0 Å². The topological polar surface area (TPSA) is 73.7 Å². The Hall–Kier alpha value is -1.33. The summed E-state index contributed by atoms with van der Waals surface area (Å²) in [5.74, 6) is -0.396. The van der Waals surface area contributed by atoms with E-state index >= 15 is 0 Å². The molecule has 2 heterocycles. The number of aliphatic hydroxyl groups excluding tert-OH is 1. The zero-order chi connectivity index (χ0) is 13.3. The van der Waals surface area contributed by atoms with Gasteiger partial charge in [-0.2, -0.15) is 0 Å². The lowest BCUT2D eigenvalue weighted by atomic mass is 9.97. The summed E-state index contributed by atoms with van der Waals surface area (Å²) < 4.78 is 0. The number of nitrogens with zero attached hydrogens (tertiary/aromatic N) is 2. The first-order valence-corrected chi connectivity index (χ1v) is 6.19. The maximum absolute atomic E-state index is 11.0. The van der Waals surface area contributed by atoms with E-state index in [0.717, 1.165) is 0 Å². The van der Waals surface area contributed by atoms with Gasteiger partial charge in [0.05, 0.1) is 11.1 Å². The van der Waals surface area contributed by atoms with Crippen LogP contribution in [-0.2, 0) is 0 Å². The van der Waals surface area contributed by atoms with Crippen LogP contribution in [0.25, 0.3) is 0 Å². The minimum atomic E-state index is -1.13. The van der Waals surface area contributed by atoms with Gasteiger partial charge in [-0.1, -0.05) is 18.5 Å². The zero-order valence-corrected chi connectivity index (χ0v) is 10.8. The highest BCUT2D eigenvalue weighted by molar-refractivity contribution is 6.33. The number of hydrogen-bond acceptors (Lipinski definition) is 4. The zero-order valence-electron chi connectivity index (χ0n) is 10.0. The Morgan fingerprint density at radius 1 is 1.56 bits per heavy atom. The van der Waals surface area contributed by atoms with Crippen LogP contribution in [-0.4, -0.2) is 40.4 Å². The fourth-order valence-corrected chi connectivity index (χ4v) is 2.29. The molecule has 2 unspecified atom stereocenters. The van der Waals surface area contributed by atoms with E-state index in [-0.39, 0.29) is 22.7 Å². The maximum atomic E-state index is 11.0. The molecule has 0 saturated carbocycles. The van der Waals surface area contributed by atoms with Crippen molar-refractivity contribution in [2.75, 3.05) is 18.0 Å². The second-order valence-electron chi connectivity index (χ2n) is 4.58. The molecule has 2 N–H and O–H groups in total. The lowest BCUT2D eigenvalue weighted by Gasteiger charge is -2.35. The monoisotopic (exact) mass is 270 g/mol. The first-order chi connectivity index (χ1) is 8.49. The minimum Gasteiger partial charge on any atom is -0.476 e. The predicted octanol–water partition coefficient (Wildman–Crippen LogP) is 1.64. The molecular formula is C12H15ClN2O3. The number of halogens is 1. The van der Waals surface area contributed by atoms with Crippen molar-refractivity contribution in [3.05, 3.63) is 22.8 Å². The van der Waals surface area contributed by atoms with Gasteiger partial charge in [0.15, 0.2) is 5.69 Å². The summed E-state index contributed by atoms with van der Waals surface area (Å²) >= 11 is 5.78. The Bertz CT molecular complexity index is 467. The Balaban J connectivity index is 2.24. The number of hydrogen-bond donors (Lipinski definition) is 2. The van der Waals surface area contributed by atoms with Crippen molar-refractivity contribution in [2.24, 2.45) is 5.92 Å². The van der Waals surface area contributed by atoms with E-state index < -0.39 is 5.97 Å². The summed E-state index contributed by atoms with van der Waals surface area (Å²) in [7, 11) is 0. The molecule has 2 rings (SSSR count). The second-order valence-corrected chi connectivity index (χ2v) is 4.99. The predicted molar refractivity (Wildman–Crippen MR) is 68.2 cm³/mol. The van der Waals surface area contributed by atoms with Crippen LogP contribution in [0.4, 0.5) is 5.82 Å². The average Bonchev–Trinajstić information content (AvgIpc) is 2.33. The molecule has 2 atom stereocenters. The normalized spacial score (nSPS) is 24.1. The van der Waals surface area contributed by atoms with Crippen LogP contribution in [0.2, 0.25) is 5.02 Å². The highest BCUT2D eigenvalue weighted by atomic mass is 35.5. The highest BCUT2D eigenvalue weighted by Crippen LogP contribution is 2.24. The number of piperidine rings is 1. The van der Waals surface area contributed by atoms with Crippen molar-refractivity contribution in [1.29, 1.82) is 0 Å². The summed E-state index contributed by atoms with van der Waals surface area (Å²) in [5.41, 5.74) is -0.132. The Labute approximate surface area is 110 Å². The third-order valence-electron chi connectivity index (χ3n) is 3.22. The second kappa shape index (κ2) is 5.12. The summed E-state index contributed by atoms with van der Waals surface area (Å²) in [5, 5.41) is 18.8. The lowest BCUT2D eigenvalue weighted by molar-refractivity contribution is 0.0690. The van der Waals surface area contributed by atoms with Crippen molar-refractivity contribution < 1.29 is 15.0 Å². The number of anilines is 1. The molecule has 1 aliphatic heterocycles. The summed E-state index contributed by atoms with van der Waals surface area (Å²) in [6.07, 6.45) is 0.362. The number of aromatic nitrogens is 1. The number of rotatable bonds is 2. The molecule has 0 spiro atoms. The first-order valence-electron chi connectivity index (χ1n) is 5.82. The van der Waals surface area contributed by atoms with Crippen LogP contribution in [0.1, 0.15) is 23.8 Å². The molecule has 1 aliphatic rings. The Morgan fingerprint density at radius 2 is 2.28 bits per heavy atom. The van der Waals surface area contributed by atoms with E-state index in [1.807, 2.05) is 11.8 Å². The molecule has 1 fully saturated rings. The molecule has 1 aromatic heterocycles. The molecule has 0 radical (unpaired) electrons. The van der Waals surface area contributed by atoms with E-state index in [0.29, 0.717) is 25.3 Å². The van der Waals surface area contributed by atoms with Gasteiger partial charge in [-0.25, -0.2) is 9.78 Å². The summed E-state index contributed by atoms with van der Waals surface area (Å²) in [4.78, 5) is 17.0. The van der Waals surface area contributed by atoms with Gasteiger partial charge < -0.3 is 15.1 Å². The van der Waals surface area contributed by atoms with Crippen molar-refractivity contribution in [2.45, 2.75) is 19.4 Å². The van der Waals surface area contributed by atoms with Crippen molar-refractivity contribution in [3.63, 3.8) is 0 Å². The number of aromatic carboxylic acids is 1. The molecule has 5 nitrogen and oxygen atoms in total. The van der Waals surface area contributed by atoms with E-state index in [2.05, 4.69) is 4.98 Å². The van der Waals surface area contributed by atoms with Gasteiger partial charge in [-0.3, -0.25) is 0 Å². The van der Waals surface area contributed by atoms with Gasteiger partial charge >= 0.3 is 5.97 Å². The maximum Gasteiger partial charge on any atom is 0.356 e. The van der Waals surface area contributed by atoms with Crippen molar-refractivity contribution in [3.8, 4) is 0 Å². The van der Waals surface area contributed by atoms with Gasteiger partial charge in [0.1, 0.15) is 5.82 Å². The highest BCUT2D eigenvalue weighted by Gasteiger charge is 2.25. The van der Waals surface area contributed by atoms with Crippen LogP contribution in [0, 0.1) is 5.92 Å². The Kier molecular flexibility index (Phi) is 3.73. The van der Waals surface area contributed by atoms with E-state index in [1.54, 1.807) is 12.1 Å². The third kappa shape index (κ3) is 2.57. The average molecular weight is 271 g/mol. The van der Waals surface area contributed by atoms with E-state index in [4.69, 9.17) is 16.7 Å². The number of carboxylic acids is 1. The van der Waals surface area contributed by atoms with Crippen LogP contribution in [0.15, 0.2) is 12.1 Å². The molecule has 0 aromatic carbocycles. The van der Waals surface area contributed by atoms with Crippen LogP contribution < -0.4 is 4.90 Å². The van der Waals surface area contributed by atoms with Gasteiger partial charge in [0, 0.05) is 13.1 Å². The van der Waals surface area contributed by atoms with Gasteiger partial charge in [-0.05, 0) is 24.5 Å². The molecular weight excluding hydrogens is 256 g/mol. The summed E-state index contributed by atoms with van der Waals surface area (Å²) in [6.45, 7) is 3.29. The first kappa shape index (κ1) is 13.1. The molecule has 98 valence electrons. The number of carbonyl (C=O) groups is 1. The van der Waals surface area contributed by atoms with Crippen LogP contribution in [0.3, 0.4) is 0 Å². The largest absolute Gasteiger partial charge is 0.476 e. The van der Waals surface area contributed by atoms with Crippen LogP contribution in [0.5, 0.6) is 0 Å². The van der Waals surface area contributed by atoms with Crippen molar-refractivity contribution in [1.82, 2.24) is 4.98 Å². The fraction of sp³-hybridized carbons (Fsp3) is 0.500. The fourth-order valence-electron chi connectivity index (χ4n) is 2.10. The standard InChI is InChI=1S/C12H15ClN2O3/c1-7-6-15(5-4-9(7)16)10-3-2-8(13)11(14-10)12(17)18/h2-3,7,9,16H,4-6H2,1H3,(H,17,18). The van der Waals surface area contributed by atoms with Gasteiger partial charge in [0.25, 0.3) is 0 Å². The molecule has 0 aliphatic carbocycles. The minimum absolute atomic E-state index is 0.132. The smallest absolute Gasteiger partial charge is 0.356 e.